The summed E-state index contributed by atoms with van der Waals surface area (Å²) >= 11 is 0. The van der Waals surface area contributed by atoms with E-state index < -0.39 is 43.3 Å². The Labute approximate surface area is 285 Å². The molecule has 1 fully saturated rings. The number of hydrogen-bond acceptors (Lipinski definition) is 9. The van der Waals surface area contributed by atoms with Crippen molar-refractivity contribution >= 4 is 11.9 Å². The van der Waals surface area contributed by atoms with Crippen molar-refractivity contribution in [2.45, 2.75) is 180 Å². The maximum Gasteiger partial charge on any atom is 0.306 e. The summed E-state index contributed by atoms with van der Waals surface area (Å²) in [5.74, 6) is -0.251. The SMILES string of the molecule is CCCCC[C@H](O)/C=C/[C@H]1OC(O)C[C@H](O)[C@@H]1C/C=C\CCCC(=O)OC[C@H](CO)OC(=O)CCCCCCCCCCCC(C)C. The zero-order chi connectivity index (χ0) is 34.7. The first-order valence-corrected chi connectivity index (χ1v) is 18.6. The van der Waals surface area contributed by atoms with Crippen LogP contribution < -0.4 is 0 Å². The number of aliphatic hydroxyl groups is 4. The molecule has 1 heterocycles. The van der Waals surface area contributed by atoms with Crippen LogP contribution in [0.2, 0.25) is 0 Å². The minimum Gasteiger partial charge on any atom is -0.462 e. The van der Waals surface area contributed by atoms with Crippen LogP contribution in [0.1, 0.15) is 149 Å². The number of aliphatic hydroxyl groups excluding tert-OH is 4. The van der Waals surface area contributed by atoms with Gasteiger partial charge in [0.15, 0.2) is 12.4 Å². The fourth-order valence-electron chi connectivity index (χ4n) is 5.78. The molecule has 4 N–H and O–H groups in total. The van der Waals surface area contributed by atoms with E-state index in [0.717, 1.165) is 44.4 Å². The Balaban J connectivity index is 2.20. The van der Waals surface area contributed by atoms with Gasteiger partial charge in [-0.3, -0.25) is 9.59 Å². The summed E-state index contributed by atoms with van der Waals surface area (Å²) in [5, 5.41) is 40.3. The van der Waals surface area contributed by atoms with Crippen molar-refractivity contribution in [3.8, 4) is 0 Å². The zero-order valence-corrected chi connectivity index (χ0v) is 29.7. The third-order valence-electron chi connectivity index (χ3n) is 8.72. The minimum atomic E-state index is -1.05. The molecule has 6 atom stereocenters. The van der Waals surface area contributed by atoms with Crippen LogP contribution in [-0.4, -0.2) is 76.3 Å². The second kappa shape index (κ2) is 28.1. The van der Waals surface area contributed by atoms with Crippen LogP contribution >= 0.6 is 0 Å². The lowest BCUT2D eigenvalue weighted by atomic mass is 9.87. The molecular formula is C38H68O9. The highest BCUT2D eigenvalue weighted by Crippen LogP contribution is 2.29. The first-order valence-electron chi connectivity index (χ1n) is 18.6. The molecule has 1 saturated heterocycles. The monoisotopic (exact) mass is 668 g/mol. The minimum absolute atomic E-state index is 0.136. The number of hydrogen-bond donors (Lipinski definition) is 4. The fourth-order valence-corrected chi connectivity index (χ4v) is 5.78. The van der Waals surface area contributed by atoms with Crippen molar-refractivity contribution in [2.75, 3.05) is 13.2 Å². The van der Waals surface area contributed by atoms with Gasteiger partial charge in [-0.05, 0) is 38.0 Å². The Bertz CT molecular complexity index is 843. The number of allylic oxidation sites excluding steroid dienone is 2. The molecule has 0 amide bonds. The largest absolute Gasteiger partial charge is 0.462 e. The Morgan fingerprint density at radius 2 is 1.49 bits per heavy atom. The number of esters is 2. The van der Waals surface area contributed by atoms with Crippen LogP contribution in [0.15, 0.2) is 24.3 Å². The second-order valence-electron chi connectivity index (χ2n) is 13.7. The van der Waals surface area contributed by atoms with Gasteiger partial charge in [-0.1, -0.05) is 122 Å². The molecule has 0 spiro atoms. The number of rotatable bonds is 28. The highest BCUT2D eigenvalue weighted by molar-refractivity contribution is 5.70. The molecule has 0 bridgehead atoms. The van der Waals surface area contributed by atoms with Crippen molar-refractivity contribution in [2.24, 2.45) is 11.8 Å². The van der Waals surface area contributed by atoms with Gasteiger partial charge >= 0.3 is 11.9 Å². The van der Waals surface area contributed by atoms with Crippen molar-refractivity contribution in [3.63, 3.8) is 0 Å². The van der Waals surface area contributed by atoms with E-state index in [1.54, 1.807) is 12.2 Å². The molecule has 0 aromatic carbocycles. The van der Waals surface area contributed by atoms with Crippen molar-refractivity contribution in [1.29, 1.82) is 0 Å². The number of unbranched alkanes of at least 4 members (excludes halogenated alkanes) is 11. The molecule has 9 nitrogen and oxygen atoms in total. The predicted octanol–water partition coefficient (Wildman–Crippen LogP) is 7.08. The van der Waals surface area contributed by atoms with Gasteiger partial charge in [0.25, 0.3) is 0 Å². The van der Waals surface area contributed by atoms with Crippen molar-refractivity contribution < 1.29 is 44.2 Å². The zero-order valence-electron chi connectivity index (χ0n) is 29.7. The van der Waals surface area contributed by atoms with Gasteiger partial charge < -0.3 is 34.6 Å². The van der Waals surface area contributed by atoms with Crippen molar-refractivity contribution in [1.82, 2.24) is 0 Å². The molecule has 0 aromatic rings. The van der Waals surface area contributed by atoms with Crippen LogP contribution in [-0.2, 0) is 23.8 Å². The summed E-state index contributed by atoms with van der Waals surface area (Å²) < 4.78 is 16.2. The first kappa shape index (κ1) is 43.2. The van der Waals surface area contributed by atoms with E-state index in [0.29, 0.717) is 32.1 Å². The van der Waals surface area contributed by atoms with Gasteiger partial charge in [-0.2, -0.15) is 0 Å². The summed E-state index contributed by atoms with van der Waals surface area (Å²) in [4.78, 5) is 24.4. The van der Waals surface area contributed by atoms with E-state index in [2.05, 4.69) is 20.8 Å². The van der Waals surface area contributed by atoms with Gasteiger partial charge in [-0.25, -0.2) is 0 Å². The predicted molar refractivity (Wildman–Crippen MR) is 185 cm³/mol. The van der Waals surface area contributed by atoms with Crippen LogP contribution in [0.4, 0.5) is 0 Å². The first-order chi connectivity index (χ1) is 22.7. The lowest BCUT2D eigenvalue weighted by molar-refractivity contribution is -0.199. The molecule has 1 rings (SSSR count). The third kappa shape index (κ3) is 23.3. The quantitative estimate of drug-likeness (QED) is 0.0391. The van der Waals surface area contributed by atoms with E-state index in [9.17, 15) is 30.0 Å². The Hall–Kier alpha value is -1.78. The number of carbonyl (C=O) groups is 2. The normalized spacial score (nSPS) is 21.4. The van der Waals surface area contributed by atoms with Crippen LogP contribution in [0.5, 0.6) is 0 Å². The lowest BCUT2D eigenvalue weighted by Crippen LogP contribution is -2.43. The molecule has 1 unspecified atom stereocenters. The van der Waals surface area contributed by atoms with Crippen LogP contribution in [0.25, 0.3) is 0 Å². The summed E-state index contributed by atoms with van der Waals surface area (Å²) in [6, 6.07) is 0. The van der Waals surface area contributed by atoms with Gasteiger partial charge in [0.1, 0.15) is 6.61 Å². The molecule has 0 radical (unpaired) electrons. The maximum atomic E-state index is 12.2. The lowest BCUT2D eigenvalue weighted by Gasteiger charge is -2.36. The molecule has 9 heteroatoms. The molecule has 47 heavy (non-hydrogen) atoms. The Morgan fingerprint density at radius 1 is 0.851 bits per heavy atom. The standard InChI is InChI=1S/C38H68O9/c1-4-5-15-21-31(40)25-26-35-33(34(41)27-38(44)47-35)22-17-13-14-18-23-36(42)45-29-32(28-39)46-37(43)24-19-12-10-8-6-7-9-11-16-20-30(2)3/h13,17,25-26,30-35,38-41,44H,4-12,14-16,18-24,27-29H2,1-3H3/b17-13-,26-25+/t31-,32-,33-,34-,35+,38?/m0/s1. The average Bonchev–Trinajstić information content (AvgIpc) is 3.03. The highest BCUT2D eigenvalue weighted by Gasteiger charge is 2.35. The highest BCUT2D eigenvalue weighted by atomic mass is 16.6. The molecule has 0 saturated carbocycles. The van der Waals surface area contributed by atoms with Gasteiger partial charge in [0, 0.05) is 25.2 Å². The smallest absolute Gasteiger partial charge is 0.306 e. The molecule has 0 aromatic heterocycles. The van der Waals surface area contributed by atoms with Crippen molar-refractivity contribution in [3.05, 3.63) is 24.3 Å². The third-order valence-corrected chi connectivity index (χ3v) is 8.72. The molecular weight excluding hydrogens is 600 g/mol. The second-order valence-corrected chi connectivity index (χ2v) is 13.7. The Morgan fingerprint density at radius 3 is 2.15 bits per heavy atom. The summed E-state index contributed by atoms with van der Waals surface area (Å²) in [5.41, 5.74) is 0. The summed E-state index contributed by atoms with van der Waals surface area (Å²) in [6.07, 6.45) is 21.5. The number of carbonyl (C=O) groups excluding carboxylic acids is 2. The van der Waals surface area contributed by atoms with E-state index in [1.807, 2.05) is 12.2 Å². The van der Waals surface area contributed by atoms with Crippen LogP contribution in [0, 0.1) is 11.8 Å². The van der Waals surface area contributed by atoms with Gasteiger partial charge in [-0.15, -0.1) is 0 Å². The summed E-state index contributed by atoms with van der Waals surface area (Å²) in [6.45, 7) is 6.09. The van der Waals surface area contributed by atoms with E-state index in [-0.39, 0.29) is 31.3 Å². The fraction of sp³-hybridized carbons (Fsp3) is 0.842. The van der Waals surface area contributed by atoms with E-state index in [4.69, 9.17) is 14.2 Å². The average molecular weight is 669 g/mol. The van der Waals surface area contributed by atoms with E-state index >= 15 is 0 Å². The van der Waals surface area contributed by atoms with Gasteiger partial charge in [0.05, 0.1) is 24.9 Å². The van der Waals surface area contributed by atoms with Gasteiger partial charge in [0.2, 0.25) is 0 Å². The van der Waals surface area contributed by atoms with Crippen LogP contribution in [0.3, 0.4) is 0 Å². The molecule has 1 aliphatic heterocycles. The molecule has 274 valence electrons. The molecule has 1 aliphatic rings. The number of ether oxygens (including phenoxy) is 3. The van der Waals surface area contributed by atoms with E-state index in [1.165, 1.54) is 44.9 Å². The topological polar surface area (TPSA) is 143 Å². The Kier molecular flexibility index (Phi) is 25.9. The summed E-state index contributed by atoms with van der Waals surface area (Å²) in [7, 11) is 0. The molecule has 0 aliphatic carbocycles. The maximum absolute atomic E-state index is 12.2.